The average Bonchev–Trinajstić information content (AvgIpc) is 2.74. The smallest absolute Gasteiger partial charge is 0.274 e. The Labute approximate surface area is 178 Å². The van der Waals surface area contributed by atoms with Gasteiger partial charge in [0.1, 0.15) is 0 Å². The molecule has 160 valence electrons. The highest BCUT2D eigenvalue weighted by molar-refractivity contribution is 7.98. The summed E-state index contributed by atoms with van der Waals surface area (Å²) in [5.74, 6) is -0.258. The lowest BCUT2D eigenvalue weighted by Gasteiger charge is -2.27. The fourth-order valence-corrected chi connectivity index (χ4v) is 4.81. The number of nitrogens with one attached hydrogen (secondary N) is 1. The van der Waals surface area contributed by atoms with Gasteiger partial charge in [-0.3, -0.25) is 19.6 Å². The van der Waals surface area contributed by atoms with Gasteiger partial charge in [0.2, 0.25) is 0 Å². The Morgan fingerprint density at radius 2 is 1.93 bits per heavy atom. The maximum absolute atomic E-state index is 13.0. The predicted molar refractivity (Wildman–Crippen MR) is 114 cm³/mol. The SMILES string of the molecule is CSc1ccc(S(=O)(=O)Nc2cccc([N+](=O)[O-])c2C)cc1C(=O)N1CCOCC1. The van der Waals surface area contributed by atoms with Crippen LogP contribution in [0.25, 0.3) is 0 Å². The molecule has 0 spiro atoms. The summed E-state index contributed by atoms with van der Waals surface area (Å²) >= 11 is 1.35. The van der Waals surface area contributed by atoms with Crippen molar-refractivity contribution in [2.45, 2.75) is 16.7 Å². The van der Waals surface area contributed by atoms with Crippen LogP contribution >= 0.6 is 11.8 Å². The fraction of sp³-hybridized carbons (Fsp3) is 0.316. The second-order valence-electron chi connectivity index (χ2n) is 6.58. The first-order chi connectivity index (χ1) is 14.2. The van der Waals surface area contributed by atoms with E-state index in [-0.39, 0.29) is 27.7 Å². The number of carbonyl (C=O) groups is 1. The lowest BCUT2D eigenvalue weighted by molar-refractivity contribution is -0.385. The number of ether oxygens (including phenoxy) is 1. The number of benzene rings is 2. The molecule has 1 fully saturated rings. The molecule has 1 N–H and O–H groups in total. The number of rotatable bonds is 6. The highest BCUT2D eigenvalue weighted by Crippen LogP contribution is 2.29. The third kappa shape index (κ3) is 4.58. The third-order valence-electron chi connectivity index (χ3n) is 4.76. The van der Waals surface area contributed by atoms with E-state index >= 15 is 0 Å². The Bertz CT molecular complexity index is 1080. The van der Waals surface area contributed by atoms with Gasteiger partial charge in [0.15, 0.2) is 0 Å². The van der Waals surface area contributed by atoms with Gasteiger partial charge in [-0.1, -0.05) is 6.07 Å². The number of hydrogen-bond donors (Lipinski definition) is 1. The van der Waals surface area contributed by atoms with Crippen molar-refractivity contribution in [1.82, 2.24) is 4.90 Å². The summed E-state index contributed by atoms with van der Waals surface area (Å²) in [5, 5.41) is 11.1. The quantitative estimate of drug-likeness (QED) is 0.407. The van der Waals surface area contributed by atoms with E-state index in [1.165, 1.54) is 49.0 Å². The first-order valence-electron chi connectivity index (χ1n) is 9.06. The van der Waals surface area contributed by atoms with Crippen molar-refractivity contribution in [1.29, 1.82) is 0 Å². The summed E-state index contributed by atoms with van der Waals surface area (Å²) in [4.78, 5) is 25.7. The monoisotopic (exact) mass is 451 g/mol. The van der Waals surface area contributed by atoms with Crippen molar-refractivity contribution < 1.29 is 22.9 Å². The molecule has 11 heteroatoms. The zero-order chi connectivity index (χ0) is 21.9. The van der Waals surface area contributed by atoms with E-state index in [0.717, 1.165) is 0 Å². The van der Waals surface area contributed by atoms with Crippen LogP contribution in [-0.2, 0) is 14.8 Å². The second kappa shape index (κ2) is 9.02. The average molecular weight is 452 g/mol. The van der Waals surface area contributed by atoms with E-state index in [4.69, 9.17) is 4.74 Å². The molecule has 1 amide bonds. The normalized spacial score (nSPS) is 14.4. The van der Waals surface area contributed by atoms with Crippen molar-refractivity contribution >= 4 is 39.1 Å². The van der Waals surface area contributed by atoms with Crippen LogP contribution in [0.5, 0.6) is 0 Å². The fourth-order valence-electron chi connectivity index (χ4n) is 3.09. The van der Waals surface area contributed by atoms with Gasteiger partial charge in [-0.05, 0) is 37.4 Å². The standard InChI is InChI=1S/C19H21N3O6S2/c1-13-16(4-3-5-17(13)22(24)25)20-30(26,27)14-6-7-18(29-2)15(12-14)19(23)21-8-10-28-11-9-21/h3-7,12,20H,8-11H2,1-2H3. The maximum Gasteiger partial charge on any atom is 0.274 e. The Hall–Kier alpha value is -2.63. The zero-order valence-electron chi connectivity index (χ0n) is 16.5. The molecule has 1 heterocycles. The number of anilines is 1. The summed E-state index contributed by atoms with van der Waals surface area (Å²) in [7, 11) is -4.07. The molecule has 0 atom stereocenters. The van der Waals surface area contributed by atoms with E-state index in [9.17, 15) is 23.3 Å². The molecule has 2 aromatic carbocycles. The lowest BCUT2D eigenvalue weighted by atomic mass is 10.2. The molecule has 30 heavy (non-hydrogen) atoms. The second-order valence-corrected chi connectivity index (χ2v) is 9.11. The molecule has 0 unspecified atom stereocenters. The highest BCUT2D eigenvalue weighted by Gasteiger charge is 2.25. The number of carbonyl (C=O) groups excluding carboxylic acids is 1. The van der Waals surface area contributed by atoms with Gasteiger partial charge in [0.25, 0.3) is 21.6 Å². The van der Waals surface area contributed by atoms with Gasteiger partial charge in [-0.15, -0.1) is 11.8 Å². The summed E-state index contributed by atoms with van der Waals surface area (Å²) in [5.41, 5.74) is 0.426. The molecule has 9 nitrogen and oxygen atoms in total. The number of sulfonamides is 1. The molecule has 0 bridgehead atoms. The van der Waals surface area contributed by atoms with E-state index in [0.29, 0.717) is 36.8 Å². The number of thioether (sulfide) groups is 1. The number of morpholine rings is 1. The lowest BCUT2D eigenvalue weighted by Crippen LogP contribution is -2.41. The van der Waals surface area contributed by atoms with Crippen LogP contribution in [0.3, 0.4) is 0 Å². The molecule has 1 aliphatic heterocycles. The predicted octanol–water partition coefficient (Wildman–Crippen LogP) is 2.90. The Morgan fingerprint density at radius 1 is 1.23 bits per heavy atom. The molecule has 1 saturated heterocycles. The van der Waals surface area contributed by atoms with Crippen molar-refractivity contribution in [3.63, 3.8) is 0 Å². The van der Waals surface area contributed by atoms with Crippen molar-refractivity contribution in [3.8, 4) is 0 Å². The van der Waals surface area contributed by atoms with Crippen molar-refractivity contribution in [2.75, 3.05) is 37.3 Å². The topological polar surface area (TPSA) is 119 Å². The van der Waals surface area contributed by atoms with E-state index in [1.807, 2.05) is 6.26 Å². The van der Waals surface area contributed by atoms with Crippen LogP contribution in [0.4, 0.5) is 11.4 Å². The van der Waals surface area contributed by atoms with Gasteiger partial charge < -0.3 is 9.64 Å². The van der Waals surface area contributed by atoms with Crippen LogP contribution in [0.2, 0.25) is 0 Å². The van der Waals surface area contributed by atoms with E-state index in [1.54, 1.807) is 11.0 Å². The molecule has 3 rings (SSSR count). The number of amides is 1. The molecule has 1 aliphatic rings. The van der Waals surface area contributed by atoms with Crippen LogP contribution in [-0.4, -0.2) is 56.7 Å². The Morgan fingerprint density at radius 3 is 2.57 bits per heavy atom. The molecule has 0 saturated carbocycles. The maximum atomic E-state index is 13.0. The summed E-state index contributed by atoms with van der Waals surface area (Å²) in [6.45, 7) is 3.22. The van der Waals surface area contributed by atoms with Gasteiger partial charge in [-0.2, -0.15) is 0 Å². The van der Waals surface area contributed by atoms with Crippen molar-refractivity contribution in [3.05, 3.63) is 57.6 Å². The number of hydrogen-bond acceptors (Lipinski definition) is 7. The Balaban J connectivity index is 1.96. The molecule has 0 aromatic heterocycles. The van der Waals surface area contributed by atoms with Crippen LogP contribution in [0.1, 0.15) is 15.9 Å². The van der Waals surface area contributed by atoms with Crippen LogP contribution in [0, 0.1) is 17.0 Å². The summed E-state index contributed by atoms with van der Waals surface area (Å²) in [6.07, 6.45) is 1.81. The number of nitrogens with zero attached hydrogens (tertiary/aromatic N) is 2. The van der Waals surface area contributed by atoms with Gasteiger partial charge in [-0.25, -0.2) is 8.42 Å². The van der Waals surface area contributed by atoms with Crippen molar-refractivity contribution in [2.24, 2.45) is 0 Å². The molecular weight excluding hydrogens is 430 g/mol. The molecule has 0 radical (unpaired) electrons. The minimum atomic E-state index is -4.07. The molecule has 2 aromatic rings. The number of nitro groups is 1. The first kappa shape index (κ1) is 22.1. The largest absolute Gasteiger partial charge is 0.378 e. The third-order valence-corrected chi connectivity index (χ3v) is 6.92. The number of nitro benzene ring substituents is 1. The van der Waals surface area contributed by atoms with Gasteiger partial charge >= 0.3 is 0 Å². The first-order valence-corrected chi connectivity index (χ1v) is 11.8. The van der Waals surface area contributed by atoms with Crippen LogP contribution < -0.4 is 4.72 Å². The summed E-state index contributed by atoms with van der Waals surface area (Å²) < 4.78 is 33.6. The zero-order valence-corrected chi connectivity index (χ0v) is 18.1. The van der Waals surface area contributed by atoms with Crippen LogP contribution in [0.15, 0.2) is 46.2 Å². The minimum absolute atomic E-state index is 0.0946. The van der Waals surface area contributed by atoms with Gasteiger partial charge in [0, 0.05) is 24.1 Å². The van der Waals surface area contributed by atoms with E-state index in [2.05, 4.69) is 4.72 Å². The van der Waals surface area contributed by atoms with Gasteiger partial charge in [0.05, 0.1) is 39.8 Å². The molecule has 0 aliphatic carbocycles. The molecular formula is C19H21N3O6S2. The minimum Gasteiger partial charge on any atom is -0.378 e. The Kier molecular flexibility index (Phi) is 6.64. The highest BCUT2D eigenvalue weighted by atomic mass is 32.2. The van der Waals surface area contributed by atoms with E-state index < -0.39 is 14.9 Å². The summed E-state index contributed by atoms with van der Waals surface area (Å²) in [6, 6.07) is 8.52.